The first-order valence-corrected chi connectivity index (χ1v) is 6.88. The summed E-state index contributed by atoms with van der Waals surface area (Å²) in [6.45, 7) is 0.168. The van der Waals surface area contributed by atoms with Crippen LogP contribution in [0.4, 0.5) is 17.6 Å². The van der Waals surface area contributed by atoms with Crippen molar-refractivity contribution in [1.29, 1.82) is 0 Å². The van der Waals surface area contributed by atoms with Crippen LogP contribution < -0.4 is 5.73 Å². The molecule has 5 nitrogen and oxygen atoms in total. The summed E-state index contributed by atoms with van der Waals surface area (Å²) in [4.78, 5) is 26.3. The quantitative estimate of drug-likeness (QED) is 0.824. The van der Waals surface area contributed by atoms with Crippen LogP contribution in [0, 0.1) is 5.82 Å². The molecule has 0 unspecified atom stereocenters. The number of hydrogen-bond donors (Lipinski definition) is 1. The average molecular weight is 333 g/mol. The summed E-state index contributed by atoms with van der Waals surface area (Å²) in [5, 5.41) is 0. The molecule has 1 aromatic carbocycles. The van der Waals surface area contributed by atoms with Crippen LogP contribution in [-0.4, -0.2) is 54.3 Å². The first kappa shape index (κ1) is 17.2. The molecule has 1 aliphatic heterocycles. The van der Waals surface area contributed by atoms with Gasteiger partial charge in [-0.1, -0.05) is 6.07 Å². The number of halogens is 4. The zero-order valence-electron chi connectivity index (χ0n) is 12.1. The number of nitrogens with zero attached hydrogens (tertiary/aromatic N) is 2. The van der Waals surface area contributed by atoms with Gasteiger partial charge in [0.05, 0.1) is 17.7 Å². The summed E-state index contributed by atoms with van der Waals surface area (Å²) in [6.07, 6.45) is -4.83. The molecular formula is C14H15F4N3O2. The number of alkyl halides is 3. The fourth-order valence-corrected chi connectivity index (χ4v) is 2.42. The van der Waals surface area contributed by atoms with E-state index in [-0.39, 0.29) is 38.6 Å². The topological polar surface area (TPSA) is 66.6 Å². The normalized spacial score (nSPS) is 15.7. The van der Waals surface area contributed by atoms with Gasteiger partial charge in [-0.3, -0.25) is 9.59 Å². The number of carbonyl (C=O) groups excluding carboxylic acids is 2. The van der Waals surface area contributed by atoms with Gasteiger partial charge in [0.15, 0.2) is 0 Å². The van der Waals surface area contributed by atoms with E-state index in [0.29, 0.717) is 6.07 Å². The Morgan fingerprint density at radius 1 is 1.09 bits per heavy atom. The summed E-state index contributed by atoms with van der Waals surface area (Å²) in [6, 6.07) is 2.40. The molecule has 0 bridgehead atoms. The molecule has 1 heterocycles. The molecule has 0 aromatic heterocycles. The highest BCUT2D eigenvalue weighted by molar-refractivity contribution is 5.96. The number of nitrogens with two attached hydrogens (primary N) is 1. The van der Waals surface area contributed by atoms with Crippen LogP contribution in [-0.2, 0) is 11.0 Å². The highest BCUT2D eigenvalue weighted by atomic mass is 19.4. The number of piperazine rings is 1. The van der Waals surface area contributed by atoms with E-state index in [1.807, 2.05) is 0 Å². The molecule has 2 rings (SSSR count). The van der Waals surface area contributed by atoms with Crippen molar-refractivity contribution in [3.8, 4) is 0 Å². The molecule has 1 fully saturated rings. The molecule has 0 spiro atoms. The maximum atomic E-state index is 13.8. The van der Waals surface area contributed by atoms with Gasteiger partial charge in [-0.2, -0.15) is 13.2 Å². The smallest absolute Gasteiger partial charge is 0.338 e. The van der Waals surface area contributed by atoms with E-state index in [4.69, 9.17) is 5.73 Å². The zero-order valence-corrected chi connectivity index (χ0v) is 12.1. The minimum Gasteiger partial charge on any atom is -0.338 e. The summed E-state index contributed by atoms with van der Waals surface area (Å²) in [5.41, 5.74) is 2.94. The molecule has 0 radical (unpaired) electrons. The second-order valence-corrected chi connectivity index (χ2v) is 5.04. The Labute approximate surface area is 129 Å². The van der Waals surface area contributed by atoms with Gasteiger partial charge >= 0.3 is 6.18 Å². The third-order valence-corrected chi connectivity index (χ3v) is 3.63. The fraction of sp³-hybridized carbons (Fsp3) is 0.429. The monoisotopic (exact) mass is 333 g/mol. The van der Waals surface area contributed by atoms with Crippen LogP contribution in [0.15, 0.2) is 18.2 Å². The molecule has 0 saturated carbocycles. The first-order valence-electron chi connectivity index (χ1n) is 6.88. The predicted octanol–water partition coefficient (Wildman–Crippen LogP) is 1.09. The molecule has 1 saturated heterocycles. The van der Waals surface area contributed by atoms with E-state index in [1.54, 1.807) is 0 Å². The minimum atomic E-state index is -4.83. The fourth-order valence-electron chi connectivity index (χ4n) is 2.42. The van der Waals surface area contributed by atoms with Gasteiger partial charge in [0.25, 0.3) is 5.91 Å². The number of rotatable bonds is 2. The van der Waals surface area contributed by atoms with Crippen LogP contribution >= 0.6 is 0 Å². The van der Waals surface area contributed by atoms with Gasteiger partial charge in [0.1, 0.15) is 5.82 Å². The average Bonchev–Trinajstić information content (AvgIpc) is 2.52. The predicted molar refractivity (Wildman–Crippen MR) is 72.9 cm³/mol. The van der Waals surface area contributed by atoms with Crippen LogP contribution in [0.3, 0.4) is 0 Å². The lowest BCUT2D eigenvalue weighted by atomic mass is 10.0. The largest absolute Gasteiger partial charge is 0.417 e. The molecule has 0 atom stereocenters. The van der Waals surface area contributed by atoms with Gasteiger partial charge in [0, 0.05) is 26.2 Å². The SMILES string of the molecule is NCC(=O)N1CCN(C(=O)c2c(F)cccc2C(F)(F)F)CC1. The second-order valence-electron chi connectivity index (χ2n) is 5.04. The zero-order chi connectivity index (χ0) is 17.2. The molecule has 1 aromatic rings. The highest BCUT2D eigenvalue weighted by Gasteiger charge is 2.38. The lowest BCUT2D eigenvalue weighted by Gasteiger charge is -2.35. The van der Waals surface area contributed by atoms with Crippen LogP contribution in [0.25, 0.3) is 0 Å². The van der Waals surface area contributed by atoms with E-state index in [0.717, 1.165) is 17.0 Å². The van der Waals surface area contributed by atoms with Crippen LogP contribution in [0.1, 0.15) is 15.9 Å². The summed E-state index contributed by atoms with van der Waals surface area (Å²) >= 11 is 0. The van der Waals surface area contributed by atoms with Crippen molar-refractivity contribution in [1.82, 2.24) is 9.80 Å². The first-order chi connectivity index (χ1) is 10.8. The Kier molecular flexibility index (Phi) is 4.88. The second kappa shape index (κ2) is 6.53. The molecule has 23 heavy (non-hydrogen) atoms. The Morgan fingerprint density at radius 3 is 2.17 bits per heavy atom. The Morgan fingerprint density at radius 2 is 1.65 bits per heavy atom. The maximum absolute atomic E-state index is 13.8. The maximum Gasteiger partial charge on any atom is 0.417 e. The van der Waals surface area contributed by atoms with Gasteiger partial charge in [-0.15, -0.1) is 0 Å². The Balaban J connectivity index is 2.21. The third kappa shape index (κ3) is 3.61. The van der Waals surface area contributed by atoms with E-state index in [1.165, 1.54) is 4.90 Å². The van der Waals surface area contributed by atoms with Crippen molar-refractivity contribution in [2.45, 2.75) is 6.18 Å². The van der Waals surface area contributed by atoms with E-state index < -0.39 is 29.0 Å². The summed E-state index contributed by atoms with van der Waals surface area (Å²) in [5.74, 6) is -2.56. The lowest BCUT2D eigenvalue weighted by Crippen LogP contribution is -2.52. The molecular weight excluding hydrogens is 318 g/mol. The van der Waals surface area contributed by atoms with Crippen molar-refractivity contribution in [2.75, 3.05) is 32.7 Å². The molecule has 1 aliphatic rings. The van der Waals surface area contributed by atoms with Crippen molar-refractivity contribution >= 4 is 11.8 Å². The Hall–Kier alpha value is -2.16. The minimum absolute atomic E-state index is 0.0240. The summed E-state index contributed by atoms with van der Waals surface area (Å²) in [7, 11) is 0. The Bertz CT molecular complexity index is 611. The van der Waals surface area contributed by atoms with Gasteiger partial charge < -0.3 is 15.5 Å². The standard InChI is InChI=1S/C14H15F4N3O2/c15-10-3-1-2-9(14(16,17)18)12(10)13(23)21-6-4-20(5-7-21)11(22)8-19/h1-3H,4-8,19H2. The van der Waals surface area contributed by atoms with Crippen molar-refractivity contribution in [2.24, 2.45) is 5.73 Å². The third-order valence-electron chi connectivity index (χ3n) is 3.63. The molecule has 0 aliphatic carbocycles. The highest BCUT2D eigenvalue weighted by Crippen LogP contribution is 2.33. The van der Waals surface area contributed by atoms with Crippen molar-refractivity contribution < 1.29 is 27.2 Å². The molecule has 9 heteroatoms. The lowest BCUT2D eigenvalue weighted by molar-refractivity contribution is -0.138. The summed E-state index contributed by atoms with van der Waals surface area (Å²) < 4.78 is 52.7. The number of amides is 2. The number of carbonyl (C=O) groups is 2. The van der Waals surface area contributed by atoms with Crippen molar-refractivity contribution in [3.05, 3.63) is 35.1 Å². The van der Waals surface area contributed by atoms with Gasteiger partial charge in [-0.05, 0) is 12.1 Å². The molecule has 126 valence electrons. The van der Waals surface area contributed by atoms with E-state index in [2.05, 4.69) is 0 Å². The van der Waals surface area contributed by atoms with Gasteiger partial charge in [0.2, 0.25) is 5.91 Å². The molecule has 2 amide bonds. The molecule has 2 N–H and O–H groups in total. The number of benzene rings is 1. The van der Waals surface area contributed by atoms with Crippen LogP contribution in [0.5, 0.6) is 0 Å². The van der Waals surface area contributed by atoms with Crippen LogP contribution in [0.2, 0.25) is 0 Å². The van der Waals surface area contributed by atoms with E-state index in [9.17, 15) is 27.2 Å². The van der Waals surface area contributed by atoms with Crippen molar-refractivity contribution in [3.63, 3.8) is 0 Å². The van der Waals surface area contributed by atoms with Gasteiger partial charge in [-0.25, -0.2) is 4.39 Å². The number of hydrogen-bond acceptors (Lipinski definition) is 3. The van der Waals surface area contributed by atoms with E-state index >= 15 is 0 Å².